The quantitative estimate of drug-likeness (QED) is 0.875. The van der Waals surface area contributed by atoms with Crippen molar-refractivity contribution in [2.75, 3.05) is 6.54 Å². The van der Waals surface area contributed by atoms with Crippen LogP contribution in [0.25, 0.3) is 0 Å². The SMILES string of the molecule is CCC(O)CCN.c1ccc(Cc2ccccc2)cc1. The van der Waals surface area contributed by atoms with Crippen LogP contribution < -0.4 is 5.73 Å². The summed E-state index contributed by atoms with van der Waals surface area (Å²) in [6.45, 7) is 2.54. The molecule has 108 valence electrons. The van der Waals surface area contributed by atoms with E-state index < -0.39 is 0 Å². The number of nitrogens with two attached hydrogens (primary N) is 1. The van der Waals surface area contributed by atoms with Crippen LogP contribution in [0.3, 0.4) is 0 Å². The first-order valence-corrected chi connectivity index (χ1v) is 7.22. The first-order chi connectivity index (χ1) is 9.76. The maximum Gasteiger partial charge on any atom is 0.0549 e. The van der Waals surface area contributed by atoms with Crippen molar-refractivity contribution in [2.45, 2.75) is 32.3 Å². The van der Waals surface area contributed by atoms with Gasteiger partial charge in [-0.1, -0.05) is 67.6 Å². The molecule has 20 heavy (non-hydrogen) atoms. The van der Waals surface area contributed by atoms with Crippen molar-refractivity contribution < 1.29 is 5.11 Å². The molecule has 1 unspecified atom stereocenters. The van der Waals surface area contributed by atoms with E-state index in [1.165, 1.54) is 11.1 Å². The fourth-order valence-corrected chi connectivity index (χ4v) is 1.82. The Morgan fingerprint density at radius 1 is 0.900 bits per heavy atom. The molecule has 0 heterocycles. The second-order valence-corrected chi connectivity index (χ2v) is 4.79. The van der Waals surface area contributed by atoms with Crippen LogP contribution >= 0.6 is 0 Å². The monoisotopic (exact) mass is 271 g/mol. The Kier molecular flexibility index (Phi) is 8.36. The van der Waals surface area contributed by atoms with E-state index in [2.05, 4.69) is 60.7 Å². The van der Waals surface area contributed by atoms with Crippen molar-refractivity contribution in [1.29, 1.82) is 0 Å². The molecule has 0 amide bonds. The Hall–Kier alpha value is -1.64. The summed E-state index contributed by atoms with van der Waals surface area (Å²) in [5, 5.41) is 8.78. The average molecular weight is 271 g/mol. The van der Waals surface area contributed by atoms with Gasteiger partial charge in [-0.05, 0) is 36.9 Å². The summed E-state index contributed by atoms with van der Waals surface area (Å²) in [6.07, 6.45) is 2.40. The Morgan fingerprint density at radius 2 is 1.35 bits per heavy atom. The first-order valence-electron chi connectivity index (χ1n) is 7.22. The van der Waals surface area contributed by atoms with Gasteiger partial charge in [0.1, 0.15) is 0 Å². The predicted molar refractivity (Wildman–Crippen MR) is 85.7 cm³/mol. The molecule has 2 rings (SSSR count). The Balaban J connectivity index is 0.000000246. The molecule has 0 fully saturated rings. The van der Waals surface area contributed by atoms with Crippen molar-refractivity contribution in [2.24, 2.45) is 5.73 Å². The molecule has 3 N–H and O–H groups in total. The molecule has 0 bridgehead atoms. The number of benzene rings is 2. The minimum Gasteiger partial charge on any atom is -0.393 e. The largest absolute Gasteiger partial charge is 0.393 e. The zero-order valence-electron chi connectivity index (χ0n) is 12.2. The van der Waals surface area contributed by atoms with Gasteiger partial charge in [0.2, 0.25) is 0 Å². The minimum atomic E-state index is -0.176. The van der Waals surface area contributed by atoms with Crippen LogP contribution in [0, 0.1) is 0 Å². The van der Waals surface area contributed by atoms with Gasteiger partial charge in [-0.2, -0.15) is 0 Å². The fraction of sp³-hybridized carbons (Fsp3) is 0.333. The summed E-state index contributed by atoms with van der Waals surface area (Å²) in [7, 11) is 0. The van der Waals surface area contributed by atoms with E-state index in [-0.39, 0.29) is 6.10 Å². The highest BCUT2D eigenvalue weighted by Crippen LogP contribution is 2.07. The van der Waals surface area contributed by atoms with Crippen LogP contribution in [-0.2, 0) is 6.42 Å². The van der Waals surface area contributed by atoms with E-state index in [9.17, 15) is 0 Å². The molecule has 0 radical (unpaired) electrons. The molecule has 0 aliphatic carbocycles. The summed E-state index contributed by atoms with van der Waals surface area (Å²) < 4.78 is 0. The lowest BCUT2D eigenvalue weighted by Crippen LogP contribution is -2.11. The molecule has 2 aromatic rings. The van der Waals surface area contributed by atoms with Gasteiger partial charge < -0.3 is 10.8 Å². The second kappa shape index (κ2) is 10.2. The Bertz CT molecular complexity index is 404. The number of hydrogen-bond acceptors (Lipinski definition) is 2. The van der Waals surface area contributed by atoms with Gasteiger partial charge in [0.05, 0.1) is 6.10 Å². The van der Waals surface area contributed by atoms with E-state index in [0.29, 0.717) is 6.54 Å². The van der Waals surface area contributed by atoms with E-state index >= 15 is 0 Å². The minimum absolute atomic E-state index is 0.176. The molecule has 0 saturated heterocycles. The third-order valence-corrected chi connectivity index (χ3v) is 3.07. The van der Waals surface area contributed by atoms with Crippen molar-refractivity contribution in [3.63, 3.8) is 0 Å². The molecule has 0 spiro atoms. The lowest BCUT2D eigenvalue weighted by molar-refractivity contribution is 0.163. The normalized spacial score (nSPS) is 11.3. The molecule has 0 aliphatic heterocycles. The topological polar surface area (TPSA) is 46.2 Å². The zero-order valence-corrected chi connectivity index (χ0v) is 12.2. The summed E-state index contributed by atoms with van der Waals surface area (Å²) in [5.41, 5.74) is 7.88. The lowest BCUT2D eigenvalue weighted by Gasteiger charge is -2.01. The van der Waals surface area contributed by atoms with Crippen LogP contribution in [0.15, 0.2) is 60.7 Å². The van der Waals surface area contributed by atoms with Crippen molar-refractivity contribution in [1.82, 2.24) is 0 Å². The van der Waals surface area contributed by atoms with Gasteiger partial charge in [0.25, 0.3) is 0 Å². The molecule has 1 atom stereocenters. The lowest BCUT2D eigenvalue weighted by atomic mass is 10.1. The highest BCUT2D eigenvalue weighted by molar-refractivity contribution is 5.25. The van der Waals surface area contributed by atoms with Crippen molar-refractivity contribution in [3.05, 3.63) is 71.8 Å². The van der Waals surface area contributed by atoms with Gasteiger partial charge in [-0.15, -0.1) is 0 Å². The van der Waals surface area contributed by atoms with E-state index in [0.717, 1.165) is 19.3 Å². The fourth-order valence-electron chi connectivity index (χ4n) is 1.82. The molecule has 0 aliphatic rings. The highest BCUT2D eigenvalue weighted by Gasteiger charge is 1.95. The van der Waals surface area contributed by atoms with Gasteiger partial charge in [-0.3, -0.25) is 0 Å². The van der Waals surface area contributed by atoms with Gasteiger partial charge in [0.15, 0.2) is 0 Å². The van der Waals surface area contributed by atoms with E-state index in [1.54, 1.807) is 0 Å². The van der Waals surface area contributed by atoms with Crippen molar-refractivity contribution >= 4 is 0 Å². The zero-order chi connectivity index (χ0) is 14.6. The van der Waals surface area contributed by atoms with Gasteiger partial charge in [-0.25, -0.2) is 0 Å². The molecular weight excluding hydrogens is 246 g/mol. The summed E-state index contributed by atoms with van der Waals surface area (Å²) in [6, 6.07) is 21.1. The van der Waals surface area contributed by atoms with Crippen LogP contribution in [-0.4, -0.2) is 17.8 Å². The standard InChI is InChI=1S/C13H12.C5H13NO/c1-3-7-12(8-4-1)11-13-9-5-2-6-10-13;1-2-5(7)3-4-6/h1-10H,11H2;5,7H,2-4,6H2,1H3. The second-order valence-electron chi connectivity index (χ2n) is 4.79. The van der Waals surface area contributed by atoms with E-state index in [4.69, 9.17) is 10.8 Å². The van der Waals surface area contributed by atoms with Gasteiger partial charge >= 0.3 is 0 Å². The average Bonchev–Trinajstić information content (AvgIpc) is 2.50. The van der Waals surface area contributed by atoms with Gasteiger partial charge in [0, 0.05) is 0 Å². The molecule has 0 saturated carbocycles. The van der Waals surface area contributed by atoms with Crippen LogP contribution in [0.4, 0.5) is 0 Å². The summed E-state index contributed by atoms with van der Waals surface area (Å²) in [5.74, 6) is 0. The number of aliphatic hydroxyl groups is 1. The molecule has 0 aromatic heterocycles. The third kappa shape index (κ3) is 7.07. The highest BCUT2D eigenvalue weighted by atomic mass is 16.3. The van der Waals surface area contributed by atoms with Crippen molar-refractivity contribution in [3.8, 4) is 0 Å². The molecular formula is C18H25NO. The molecule has 2 heteroatoms. The van der Waals surface area contributed by atoms with Crippen LogP contribution in [0.5, 0.6) is 0 Å². The Labute approximate surface area is 122 Å². The maximum absolute atomic E-state index is 8.78. The van der Waals surface area contributed by atoms with Crippen LogP contribution in [0.1, 0.15) is 30.9 Å². The molecule has 2 nitrogen and oxygen atoms in total. The van der Waals surface area contributed by atoms with E-state index in [1.807, 2.05) is 6.92 Å². The molecule has 2 aromatic carbocycles. The summed E-state index contributed by atoms with van der Waals surface area (Å²) >= 11 is 0. The maximum atomic E-state index is 8.78. The number of hydrogen-bond donors (Lipinski definition) is 2. The predicted octanol–water partition coefficient (Wildman–Crippen LogP) is 3.38. The third-order valence-electron chi connectivity index (χ3n) is 3.07. The van der Waals surface area contributed by atoms with Crippen LogP contribution in [0.2, 0.25) is 0 Å². The number of aliphatic hydroxyl groups excluding tert-OH is 1. The smallest absolute Gasteiger partial charge is 0.0549 e. The number of rotatable bonds is 5. The summed E-state index contributed by atoms with van der Waals surface area (Å²) in [4.78, 5) is 0. The first kappa shape index (κ1) is 16.4. The Morgan fingerprint density at radius 3 is 1.65 bits per heavy atom.